The predicted octanol–water partition coefficient (Wildman–Crippen LogP) is 4.98. The quantitative estimate of drug-likeness (QED) is 0.293. The summed E-state index contributed by atoms with van der Waals surface area (Å²) in [5.74, 6) is -0.308. The van der Waals surface area contributed by atoms with Crippen LogP contribution in [0.4, 0.5) is 10.4 Å². The molecule has 9 heteroatoms. The first kappa shape index (κ1) is 20.0. The predicted molar refractivity (Wildman–Crippen MR) is 127 cm³/mol. The Kier molecular flexibility index (Phi) is 4.72. The summed E-state index contributed by atoms with van der Waals surface area (Å²) in [5.41, 5.74) is 8.15. The van der Waals surface area contributed by atoms with Crippen molar-refractivity contribution in [2.75, 3.05) is 5.43 Å². The zero-order valence-corrected chi connectivity index (χ0v) is 18.1. The van der Waals surface area contributed by atoms with Crippen LogP contribution < -0.4 is 5.43 Å². The van der Waals surface area contributed by atoms with Crippen LogP contribution in [0, 0.1) is 5.82 Å². The highest BCUT2D eigenvalue weighted by atomic mass is 19.1. The van der Waals surface area contributed by atoms with E-state index in [-0.39, 0.29) is 5.82 Å². The van der Waals surface area contributed by atoms with Gasteiger partial charge in [0.2, 0.25) is 0 Å². The van der Waals surface area contributed by atoms with Gasteiger partial charge in [-0.05, 0) is 48.9 Å². The summed E-state index contributed by atoms with van der Waals surface area (Å²) in [6, 6.07) is 18.5. The number of hydrogen-bond donors (Lipinski definition) is 1. The van der Waals surface area contributed by atoms with Gasteiger partial charge < -0.3 is 4.42 Å². The van der Waals surface area contributed by atoms with E-state index in [2.05, 4.69) is 30.6 Å². The fraction of sp³-hybridized carbons (Fsp3) is 0.0800. The van der Waals surface area contributed by atoms with Crippen molar-refractivity contribution in [3.8, 4) is 0 Å². The fourth-order valence-electron chi connectivity index (χ4n) is 3.82. The monoisotopic (exact) mass is 451 g/mol. The van der Waals surface area contributed by atoms with Gasteiger partial charge in [-0.3, -0.25) is 4.98 Å². The van der Waals surface area contributed by atoms with E-state index in [1.54, 1.807) is 16.9 Å². The Morgan fingerprint density at radius 1 is 1.06 bits per heavy atom. The first-order valence-corrected chi connectivity index (χ1v) is 10.7. The SMILES string of the molecule is CC(=NNc1nc2ccccc2o1)c1ccc2ncc(Cc3cc4cccnc4cc3F)n2n1. The molecule has 0 bridgehead atoms. The maximum absolute atomic E-state index is 14.7. The number of para-hydroxylation sites is 2. The molecule has 0 aliphatic rings. The minimum atomic E-state index is -0.308. The van der Waals surface area contributed by atoms with E-state index in [0.717, 1.165) is 16.6 Å². The Morgan fingerprint density at radius 2 is 1.97 bits per heavy atom. The number of benzene rings is 2. The Morgan fingerprint density at radius 3 is 2.88 bits per heavy atom. The highest BCUT2D eigenvalue weighted by Crippen LogP contribution is 2.21. The number of aromatic nitrogens is 5. The van der Waals surface area contributed by atoms with Crippen molar-refractivity contribution in [2.24, 2.45) is 5.10 Å². The van der Waals surface area contributed by atoms with Gasteiger partial charge >= 0.3 is 6.01 Å². The van der Waals surface area contributed by atoms with Crippen LogP contribution in [0.3, 0.4) is 0 Å². The molecule has 0 saturated heterocycles. The summed E-state index contributed by atoms with van der Waals surface area (Å²) in [5, 5.41) is 9.92. The van der Waals surface area contributed by atoms with Crippen molar-refractivity contribution in [1.29, 1.82) is 0 Å². The van der Waals surface area contributed by atoms with Crippen molar-refractivity contribution in [2.45, 2.75) is 13.3 Å². The lowest BCUT2D eigenvalue weighted by atomic mass is 10.1. The topological polar surface area (TPSA) is 93.5 Å². The molecule has 0 fully saturated rings. The molecule has 34 heavy (non-hydrogen) atoms. The van der Waals surface area contributed by atoms with Crippen molar-refractivity contribution in [1.82, 2.24) is 24.6 Å². The lowest BCUT2D eigenvalue weighted by Gasteiger charge is -2.07. The van der Waals surface area contributed by atoms with E-state index in [4.69, 9.17) is 4.42 Å². The molecule has 8 nitrogen and oxygen atoms in total. The number of nitrogens with zero attached hydrogens (tertiary/aromatic N) is 6. The number of fused-ring (bicyclic) bond motifs is 3. The zero-order valence-electron chi connectivity index (χ0n) is 18.1. The Balaban J connectivity index is 1.29. The summed E-state index contributed by atoms with van der Waals surface area (Å²) in [6.07, 6.45) is 3.70. The van der Waals surface area contributed by atoms with Crippen LogP contribution in [0.2, 0.25) is 0 Å². The second kappa shape index (κ2) is 8.04. The highest BCUT2D eigenvalue weighted by Gasteiger charge is 2.12. The van der Waals surface area contributed by atoms with Crippen molar-refractivity contribution in [3.63, 3.8) is 0 Å². The third-order valence-corrected chi connectivity index (χ3v) is 5.56. The lowest BCUT2D eigenvalue weighted by Crippen LogP contribution is -2.08. The van der Waals surface area contributed by atoms with Gasteiger partial charge in [-0.15, -0.1) is 0 Å². The van der Waals surface area contributed by atoms with Gasteiger partial charge in [0.05, 0.1) is 23.1 Å². The highest BCUT2D eigenvalue weighted by molar-refractivity contribution is 5.97. The average molecular weight is 451 g/mol. The van der Waals surface area contributed by atoms with E-state index >= 15 is 0 Å². The minimum absolute atomic E-state index is 0.297. The number of oxazole rings is 1. The second-order valence-corrected chi connectivity index (χ2v) is 7.85. The normalized spacial score (nSPS) is 12.1. The van der Waals surface area contributed by atoms with Gasteiger partial charge in [-0.2, -0.15) is 15.2 Å². The molecule has 4 heterocycles. The zero-order chi connectivity index (χ0) is 23.1. The average Bonchev–Trinajstić information content (AvgIpc) is 3.46. The van der Waals surface area contributed by atoms with Crippen molar-refractivity contribution >= 4 is 39.4 Å². The maximum atomic E-state index is 14.7. The number of imidazole rings is 1. The molecule has 0 unspecified atom stereocenters. The van der Waals surface area contributed by atoms with Gasteiger partial charge in [0, 0.05) is 24.1 Å². The molecule has 2 aromatic carbocycles. The van der Waals surface area contributed by atoms with E-state index in [0.29, 0.717) is 46.2 Å². The van der Waals surface area contributed by atoms with Crippen molar-refractivity contribution in [3.05, 3.63) is 95.8 Å². The standard InChI is InChI=1S/C25H18FN7O/c1-15(30-31-25-29-21-6-2-3-7-23(21)34-25)20-8-9-24-28-14-18(33(24)32-20)12-17-11-16-5-4-10-27-22(16)13-19(17)26/h2-11,13-14H,12H2,1H3,(H,29,31). The number of pyridine rings is 1. The summed E-state index contributed by atoms with van der Waals surface area (Å²) in [4.78, 5) is 13.0. The summed E-state index contributed by atoms with van der Waals surface area (Å²) < 4.78 is 22.1. The Hall–Kier alpha value is -4.66. The van der Waals surface area contributed by atoms with Crippen LogP contribution in [0.5, 0.6) is 0 Å². The van der Waals surface area contributed by atoms with Crippen LogP contribution in [0.15, 0.2) is 82.6 Å². The Labute approximate surface area is 192 Å². The van der Waals surface area contributed by atoms with E-state index in [1.807, 2.05) is 61.5 Å². The van der Waals surface area contributed by atoms with Crippen LogP contribution in [-0.2, 0) is 6.42 Å². The van der Waals surface area contributed by atoms with E-state index in [1.165, 1.54) is 6.07 Å². The molecule has 166 valence electrons. The molecule has 6 aromatic rings. The molecule has 4 aromatic heterocycles. The second-order valence-electron chi connectivity index (χ2n) is 7.85. The first-order valence-electron chi connectivity index (χ1n) is 10.7. The van der Waals surface area contributed by atoms with Gasteiger partial charge in [0.1, 0.15) is 17.0 Å². The molecule has 0 aliphatic carbocycles. The van der Waals surface area contributed by atoms with E-state index < -0.39 is 0 Å². The van der Waals surface area contributed by atoms with Gasteiger partial charge in [-0.1, -0.05) is 18.2 Å². The molecule has 0 aliphatic heterocycles. The molecule has 0 saturated carbocycles. The van der Waals surface area contributed by atoms with Crippen molar-refractivity contribution < 1.29 is 8.81 Å². The van der Waals surface area contributed by atoms with Crippen LogP contribution in [-0.4, -0.2) is 30.3 Å². The molecular weight excluding hydrogens is 433 g/mol. The first-order chi connectivity index (χ1) is 16.6. The number of anilines is 1. The molecular formula is C25H18FN7O. The fourth-order valence-corrected chi connectivity index (χ4v) is 3.82. The van der Waals surface area contributed by atoms with Gasteiger partial charge in [0.15, 0.2) is 11.2 Å². The molecule has 1 N–H and O–H groups in total. The van der Waals surface area contributed by atoms with Gasteiger partial charge in [0.25, 0.3) is 0 Å². The van der Waals surface area contributed by atoms with Crippen LogP contribution >= 0.6 is 0 Å². The summed E-state index contributed by atoms with van der Waals surface area (Å²) in [6.45, 7) is 1.83. The Bertz CT molecular complexity index is 1670. The number of rotatable bonds is 5. The third-order valence-electron chi connectivity index (χ3n) is 5.56. The van der Waals surface area contributed by atoms with Gasteiger partial charge in [-0.25, -0.2) is 19.3 Å². The molecule has 0 spiro atoms. The molecule has 6 rings (SSSR count). The molecule has 0 atom stereocenters. The number of hydrazone groups is 1. The number of halogens is 1. The largest absolute Gasteiger partial charge is 0.422 e. The minimum Gasteiger partial charge on any atom is -0.422 e. The summed E-state index contributed by atoms with van der Waals surface area (Å²) >= 11 is 0. The smallest absolute Gasteiger partial charge is 0.316 e. The van der Waals surface area contributed by atoms with E-state index in [9.17, 15) is 4.39 Å². The molecule has 0 radical (unpaired) electrons. The van der Waals surface area contributed by atoms with Crippen LogP contribution in [0.1, 0.15) is 23.9 Å². The van der Waals surface area contributed by atoms with Crippen LogP contribution in [0.25, 0.3) is 27.6 Å². The summed E-state index contributed by atoms with van der Waals surface area (Å²) in [7, 11) is 0. The number of hydrogen-bond acceptors (Lipinski definition) is 7. The third kappa shape index (κ3) is 3.62. The lowest BCUT2D eigenvalue weighted by molar-refractivity contribution is 0.614. The maximum Gasteiger partial charge on any atom is 0.316 e. The molecule has 0 amide bonds. The number of nitrogens with one attached hydrogen (secondary N) is 1.